The van der Waals surface area contributed by atoms with Gasteiger partial charge in [0.05, 0.1) is 11.0 Å². The van der Waals surface area contributed by atoms with E-state index in [1.165, 1.54) is 11.1 Å². The molecule has 1 N–H and O–H groups in total. The SMILES string of the molecule is Cc1cc(C)cc(-n2cnc3cc(C(=O)NCc4ccc5c(c4)OCO5)ccc32)c1. The largest absolute Gasteiger partial charge is 0.454 e. The van der Waals surface area contributed by atoms with Crippen LogP contribution in [0.15, 0.2) is 60.9 Å². The fraction of sp³-hybridized carbons (Fsp3) is 0.167. The molecule has 0 saturated carbocycles. The molecule has 0 spiro atoms. The highest BCUT2D eigenvalue weighted by atomic mass is 16.7. The highest BCUT2D eigenvalue weighted by Gasteiger charge is 2.14. The Kier molecular flexibility index (Phi) is 4.39. The lowest BCUT2D eigenvalue weighted by molar-refractivity contribution is 0.0951. The van der Waals surface area contributed by atoms with Crippen LogP contribution in [0, 0.1) is 13.8 Å². The Labute approximate surface area is 174 Å². The van der Waals surface area contributed by atoms with Gasteiger partial charge in [-0.3, -0.25) is 9.36 Å². The number of amides is 1. The van der Waals surface area contributed by atoms with Gasteiger partial charge in [0, 0.05) is 17.8 Å². The van der Waals surface area contributed by atoms with Gasteiger partial charge in [-0.2, -0.15) is 0 Å². The maximum absolute atomic E-state index is 12.7. The molecule has 0 atom stereocenters. The zero-order valence-electron chi connectivity index (χ0n) is 16.8. The number of benzene rings is 3. The molecule has 6 heteroatoms. The van der Waals surface area contributed by atoms with Crippen molar-refractivity contribution in [2.24, 2.45) is 0 Å². The number of imidazole rings is 1. The minimum absolute atomic E-state index is 0.143. The van der Waals surface area contributed by atoms with Crippen LogP contribution >= 0.6 is 0 Å². The third kappa shape index (κ3) is 3.37. The quantitative estimate of drug-likeness (QED) is 0.556. The Hall–Kier alpha value is -3.80. The van der Waals surface area contributed by atoms with Crippen molar-refractivity contribution in [1.29, 1.82) is 0 Å². The summed E-state index contributed by atoms with van der Waals surface area (Å²) in [6.07, 6.45) is 1.80. The fourth-order valence-corrected chi connectivity index (χ4v) is 3.78. The van der Waals surface area contributed by atoms with E-state index in [0.717, 1.165) is 28.0 Å². The van der Waals surface area contributed by atoms with Gasteiger partial charge in [0.25, 0.3) is 5.91 Å². The van der Waals surface area contributed by atoms with Gasteiger partial charge in [-0.1, -0.05) is 12.1 Å². The second-order valence-corrected chi connectivity index (χ2v) is 7.53. The molecule has 1 aromatic heterocycles. The minimum Gasteiger partial charge on any atom is -0.454 e. The molecular weight excluding hydrogens is 378 g/mol. The first-order valence-electron chi connectivity index (χ1n) is 9.79. The van der Waals surface area contributed by atoms with Gasteiger partial charge in [0.2, 0.25) is 6.79 Å². The van der Waals surface area contributed by atoms with E-state index in [2.05, 4.69) is 42.3 Å². The van der Waals surface area contributed by atoms with Gasteiger partial charge < -0.3 is 14.8 Å². The summed E-state index contributed by atoms with van der Waals surface area (Å²) in [5.41, 5.74) is 6.74. The van der Waals surface area contributed by atoms with Gasteiger partial charge in [-0.05, 0) is 73.0 Å². The smallest absolute Gasteiger partial charge is 0.251 e. The van der Waals surface area contributed by atoms with Crippen LogP contribution in [-0.2, 0) is 6.54 Å². The molecule has 0 radical (unpaired) electrons. The number of aromatic nitrogens is 2. The first-order valence-corrected chi connectivity index (χ1v) is 9.79. The van der Waals surface area contributed by atoms with Gasteiger partial charge in [0.1, 0.15) is 6.33 Å². The maximum Gasteiger partial charge on any atom is 0.251 e. The predicted molar refractivity (Wildman–Crippen MR) is 114 cm³/mol. The summed E-state index contributed by atoms with van der Waals surface area (Å²) in [6.45, 7) is 4.81. The van der Waals surface area contributed by atoms with Crippen LogP contribution in [0.25, 0.3) is 16.7 Å². The van der Waals surface area contributed by atoms with Crippen LogP contribution in [0.1, 0.15) is 27.0 Å². The topological polar surface area (TPSA) is 65.4 Å². The lowest BCUT2D eigenvalue weighted by atomic mass is 10.1. The summed E-state index contributed by atoms with van der Waals surface area (Å²) in [4.78, 5) is 17.2. The van der Waals surface area contributed by atoms with E-state index in [1.807, 2.05) is 41.0 Å². The van der Waals surface area contributed by atoms with Gasteiger partial charge in [-0.25, -0.2) is 4.98 Å². The van der Waals surface area contributed by atoms with Crippen molar-refractivity contribution >= 4 is 16.9 Å². The molecular formula is C24H21N3O3. The summed E-state index contributed by atoms with van der Waals surface area (Å²) >= 11 is 0. The van der Waals surface area contributed by atoms with E-state index in [0.29, 0.717) is 17.9 Å². The lowest BCUT2D eigenvalue weighted by Crippen LogP contribution is -2.22. The average Bonchev–Trinajstić information content (AvgIpc) is 3.37. The number of nitrogens with one attached hydrogen (secondary N) is 1. The number of carbonyl (C=O) groups excluding carboxylic acids is 1. The molecule has 0 saturated heterocycles. The maximum atomic E-state index is 12.7. The fourth-order valence-electron chi connectivity index (χ4n) is 3.78. The van der Waals surface area contributed by atoms with Crippen molar-refractivity contribution < 1.29 is 14.3 Å². The average molecular weight is 399 g/mol. The monoisotopic (exact) mass is 399 g/mol. The van der Waals surface area contributed by atoms with E-state index < -0.39 is 0 Å². The Balaban J connectivity index is 1.35. The Morgan fingerprint density at radius 2 is 1.80 bits per heavy atom. The van der Waals surface area contributed by atoms with Crippen LogP contribution in [0.5, 0.6) is 11.5 Å². The standard InChI is InChI=1S/C24H21N3O3/c1-15-7-16(2)9-19(8-15)27-13-26-20-11-18(4-5-21(20)27)24(28)25-12-17-3-6-22-23(10-17)30-14-29-22/h3-11,13H,12,14H2,1-2H3,(H,25,28). The molecule has 4 aromatic rings. The molecule has 3 aromatic carbocycles. The zero-order chi connectivity index (χ0) is 20.7. The van der Waals surface area contributed by atoms with Crippen LogP contribution in [0.4, 0.5) is 0 Å². The number of hydrogen-bond donors (Lipinski definition) is 1. The summed E-state index contributed by atoms with van der Waals surface area (Å²) in [7, 11) is 0. The van der Waals surface area contributed by atoms with Crippen LogP contribution in [-0.4, -0.2) is 22.3 Å². The van der Waals surface area contributed by atoms with Crippen molar-refractivity contribution in [2.75, 3.05) is 6.79 Å². The van der Waals surface area contributed by atoms with Crippen molar-refractivity contribution in [3.05, 3.63) is 83.2 Å². The van der Waals surface area contributed by atoms with E-state index in [9.17, 15) is 4.79 Å². The molecule has 6 nitrogen and oxygen atoms in total. The molecule has 1 amide bonds. The molecule has 30 heavy (non-hydrogen) atoms. The molecule has 0 aliphatic carbocycles. The van der Waals surface area contributed by atoms with Gasteiger partial charge in [0.15, 0.2) is 11.5 Å². The van der Waals surface area contributed by atoms with E-state index in [4.69, 9.17) is 9.47 Å². The summed E-state index contributed by atoms with van der Waals surface area (Å²) in [5.74, 6) is 1.30. The molecule has 5 rings (SSSR count). The van der Waals surface area contributed by atoms with Gasteiger partial charge in [-0.15, -0.1) is 0 Å². The molecule has 150 valence electrons. The second kappa shape index (κ2) is 7.22. The number of ether oxygens (including phenoxy) is 2. The number of carbonyl (C=O) groups is 1. The molecule has 0 unspecified atom stereocenters. The summed E-state index contributed by atoms with van der Waals surface area (Å²) in [6, 6.07) is 17.7. The lowest BCUT2D eigenvalue weighted by Gasteiger charge is -2.08. The van der Waals surface area contributed by atoms with Crippen LogP contribution < -0.4 is 14.8 Å². The highest BCUT2D eigenvalue weighted by Crippen LogP contribution is 2.32. The molecule has 0 fully saturated rings. The Morgan fingerprint density at radius 3 is 2.63 bits per heavy atom. The van der Waals surface area contributed by atoms with Gasteiger partial charge >= 0.3 is 0 Å². The first-order chi connectivity index (χ1) is 14.6. The van der Waals surface area contributed by atoms with Crippen LogP contribution in [0.3, 0.4) is 0 Å². The summed E-state index contributed by atoms with van der Waals surface area (Å²) in [5, 5.41) is 2.95. The van der Waals surface area contributed by atoms with Crippen LogP contribution in [0.2, 0.25) is 0 Å². The number of hydrogen-bond acceptors (Lipinski definition) is 4. The van der Waals surface area contributed by atoms with Crippen molar-refractivity contribution in [2.45, 2.75) is 20.4 Å². The number of rotatable bonds is 4. The third-order valence-electron chi connectivity index (χ3n) is 5.18. The molecule has 0 bridgehead atoms. The first kappa shape index (κ1) is 18.2. The summed E-state index contributed by atoms with van der Waals surface area (Å²) < 4.78 is 12.7. The van der Waals surface area contributed by atoms with Crippen molar-refractivity contribution in [3.8, 4) is 17.2 Å². The Bertz CT molecular complexity index is 1260. The second-order valence-electron chi connectivity index (χ2n) is 7.53. The molecule has 1 aliphatic heterocycles. The molecule has 2 heterocycles. The highest BCUT2D eigenvalue weighted by molar-refractivity contribution is 5.97. The third-order valence-corrected chi connectivity index (χ3v) is 5.18. The predicted octanol–water partition coefficient (Wildman–Crippen LogP) is 4.30. The van der Waals surface area contributed by atoms with E-state index in [-0.39, 0.29) is 12.7 Å². The van der Waals surface area contributed by atoms with E-state index >= 15 is 0 Å². The number of nitrogens with zero attached hydrogens (tertiary/aromatic N) is 2. The van der Waals surface area contributed by atoms with Crippen molar-refractivity contribution in [1.82, 2.24) is 14.9 Å². The molecule has 1 aliphatic rings. The normalized spacial score (nSPS) is 12.3. The number of aryl methyl sites for hydroxylation is 2. The zero-order valence-corrected chi connectivity index (χ0v) is 16.8. The van der Waals surface area contributed by atoms with E-state index in [1.54, 1.807) is 6.33 Å². The van der Waals surface area contributed by atoms with Crippen molar-refractivity contribution in [3.63, 3.8) is 0 Å². The minimum atomic E-state index is -0.143. The number of fused-ring (bicyclic) bond motifs is 2. The Morgan fingerprint density at radius 1 is 1.00 bits per heavy atom.